The van der Waals surface area contributed by atoms with E-state index in [-0.39, 0.29) is 5.91 Å². The summed E-state index contributed by atoms with van der Waals surface area (Å²) in [4.78, 5) is 13.8. The summed E-state index contributed by atoms with van der Waals surface area (Å²) in [5.41, 5.74) is 1.72. The van der Waals surface area contributed by atoms with E-state index in [9.17, 15) is 4.79 Å². The van der Waals surface area contributed by atoms with Gasteiger partial charge in [0.05, 0.1) is 18.1 Å². The summed E-state index contributed by atoms with van der Waals surface area (Å²) in [7, 11) is 0. The molecule has 3 unspecified atom stereocenters. The number of carbonyl (C=O) groups is 1. The first-order valence-electron chi connectivity index (χ1n) is 8.04. The molecule has 0 spiro atoms. The van der Waals surface area contributed by atoms with Gasteiger partial charge in [-0.3, -0.25) is 4.79 Å². The maximum Gasteiger partial charge on any atom is 0.224 e. The third-order valence-electron chi connectivity index (χ3n) is 5.13. The molecule has 2 saturated carbocycles. The highest BCUT2D eigenvalue weighted by atomic mass is 16.1. The minimum atomic E-state index is 0.141. The zero-order valence-corrected chi connectivity index (χ0v) is 12.5. The predicted molar refractivity (Wildman–Crippen MR) is 83.5 cm³/mol. The number of hydrogen-bond acceptors (Lipinski definition) is 3. The van der Waals surface area contributed by atoms with Crippen molar-refractivity contribution in [2.75, 3.05) is 5.32 Å². The van der Waals surface area contributed by atoms with Crippen LogP contribution in [0.3, 0.4) is 0 Å². The van der Waals surface area contributed by atoms with Crippen molar-refractivity contribution in [2.24, 2.45) is 17.8 Å². The molecule has 0 radical (unpaired) electrons. The Morgan fingerprint density at radius 1 is 1.14 bits per heavy atom. The Morgan fingerprint density at radius 2 is 1.91 bits per heavy atom. The van der Waals surface area contributed by atoms with Crippen molar-refractivity contribution in [3.63, 3.8) is 0 Å². The lowest BCUT2D eigenvalue weighted by Crippen LogP contribution is -2.20. The van der Waals surface area contributed by atoms with Gasteiger partial charge in [0.1, 0.15) is 0 Å². The smallest absolute Gasteiger partial charge is 0.224 e. The highest BCUT2D eigenvalue weighted by Gasteiger charge is 2.40. The average molecular weight is 296 g/mol. The quantitative estimate of drug-likeness (QED) is 0.943. The fourth-order valence-electron chi connectivity index (χ4n) is 4.10. The summed E-state index contributed by atoms with van der Waals surface area (Å²) in [6, 6.07) is 7.62. The van der Waals surface area contributed by atoms with E-state index in [2.05, 4.69) is 15.5 Å². The van der Waals surface area contributed by atoms with Gasteiger partial charge >= 0.3 is 0 Å². The number of benzene rings is 1. The summed E-state index contributed by atoms with van der Waals surface area (Å²) in [5.74, 6) is 2.43. The van der Waals surface area contributed by atoms with Crippen molar-refractivity contribution in [1.82, 2.24) is 15.0 Å². The second-order valence-corrected chi connectivity index (χ2v) is 6.55. The molecule has 2 aliphatic rings. The van der Waals surface area contributed by atoms with Crippen LogP contribution in [0.4, 0.5) is 5.69 Å². The summed E-state index contributed by atoms with van der Waals surface area (Å²) < 4.78 is 0. The van der Waals surface area contributed by atoms with Crippen LogP contribution in [0.15, 0.2) is 36.7 Å². The number of hydrogen-bond donors (Lipinski definition) is 1. The molecule has 2 bridgehead atoms. The van der Waals surface area contributed by atoms with Crippen LogP contribution in [0.2, 0.25) is 0 Å². The molecule has 1 aromatic heterocycles. The van der Waals surface area contributed by atoms with E-state index in [0.717, 1.165) is 23.2 Å². The molecule has 1 heterocycles. The molecular formula is C17H20N4O. The van der Waals surface area contributed by atoms with Gasteiger partial charge in [-0.2, -0.15) is 15.0 Å². The Hall–Kier alpha value is -2.17. The molecular weight excluding hydrogens is 276 g/mol. The number of amides is 1. The lowest BCUT2D eigenvalue weighted by atomic mass is 9.86. The van der Waals surface area contributed by atoms with E-state index < -0.39 is 0 Å². The zero-order valence-electron chi connectivity index (χ0n) is 12.5. The second-order valence-electron chi connectivity index (χ2n) is 6.55. The molecule has 5 heteroatoms. The van der Waals surface area contributed by atoms with Gasteiger partial charge < -0.3 is 5.32 Å². The van der Waals surface area contributed by atoms with Crippen LogP contribution in [0.1, 0.15) is 32.1 Å². The van der Waals surface area contributed by atoms with Gasteiger partial charge in [-0.25, -0.2) is 0 Å². The Kier molecular flexibility index (Phi) is 3.41. The van der Waals surface area contributed by atoms with Gasteiger partial charge in [0.2, 0.25) is 5.91 Å². The Balaban J connectivity index is 1.35. The maximum absolute atomic E-state index is 12.2. The summed E-state index contributed by atoms with van der Waals surface area (Å²) in [6.07, 6.45) is 9.27. The van der Waals surface area contributed by atoms with Crippen LogP contribution in [0, 0.1) is 17.8 Å². The number of nitrogens with one attached hydrogen (secondary N) is 1. The highest BCUT2D eigenvalue weighted by molar-refractivity contribution is 5.91. The lowest BCUT2D eigenvalue weighted by molar-refractivity contribution is -0.117. The number of rotatable bonds is 4. The van der Waals surface area contributed by atoms with E-state index in [1.165, 1.54) is 25.7 Å². The first-order valence-corrected chi connectivity index (χ1v) is 8.04. The molecule has 0 aliphatic heterocycles. The monoisotopic (exact) mass is 296 g/mol. The van der Waals surface area contributed by atoms with Gasteiger partial charge in [-0.1, -0.05) is 6.42 Å². The van der Waals surface area contributed by atoms with Crippen molar-refractivity contribution >= 4 is 11.6 Å². The fraction of sp³-hybridized carbons (Fsp3) is 0.471. The number of anilines is 1. The van der Waals surface area contributed by atoms with Gasteiger partial charge in [-0.15, -0.1) is 0 Å². The first kappa shape index (κ1) is 13.5. The van der Waals surface area contributed by atoms with Crippen LogP contribution < -0.4 is 5.32 Å². The van der Waals surface area contributed by atoms with Crippen molar-refractivity contribution < 1.29 is 4.79 Å². The van der Waals surface area contributed by atoms with Gasteiger partial charge in [0, 0.05) is 12.1 Å². The topological polar surface area (TPSA) is 59.8 Å². The summed E-state index contributed by atoms with van der Waals surface area (Å²) in [5, 5.41) is 11.2. The number of aromatic nitrogens is 3. The largest absolute Gasteiger partial charge is 0.326 e. The van der Waals surface area contributed by atoms with E-state index in [1.54, 1.807) is 17.2 Å². The maximum atomic E-state index is 12.2. The van der Waals surface area contributed by atoms with Crippen LogP contribution in [-0.4, -0.2) is 20.9 Å². The molecule has 0 saturated heterocycles. The minimum absolute atomic E-state index is 0.141. The number of carbonyl (C=O) groups excluding carboxylic acids is 1. The molecule has 2 aromatic rings. The molecule has 4 rings (SSSR count). The van der Waals surface area contributed by atoms with Gasteiger partial charge in [0.25, 0.3) is 0 Å². The SMILES string of the molecule is O=C(CC1CC2CCC1C2)Nc1ccc(-n2nccn2)cc1. The van der Waals surface area contributed by atoms with Crippen molar-refractivity contribution in [1.29, 1.82) is 0 Å². The number of nitrogens with zero attached hydrogens (tertiary/aromatic N) is 3. The van der Waals surface area contributed by atoms with Gasteiger partial charge in [0.15, 0.2) is 0 Å². The fourth-order valence-corrected chi connectivity index (χ4v) is 4.10. The Labute approximate surface area is 129 Å². The van der Waals surface area contributed by atoms with E-state index >= 15 is 0 Å². The van der Waals surface area contributed by atoms with Crippen LogP contribution in [0.5, 0.6) is 0 Å². The van der Waals surface area contributed by atoms with Gasteiger partial charge in [-0.05, 0) is 61.3 Å². The van der Waals surface area contributed by atoms with E-state index in [4.69, 9.17) is 0 Å². The van der Waals surface area contributed by atoms with E-state index in [1.807, 2.05) is 24.3 Å². The molecule has 3 atom stereocenters. The predicted octanol–water partition coefficient (Wildman–Crippen LogP) is 3.03. The minimum Gasteiger partial charge on any atom is -0.326 e. The third-order valence-corrected chi connectivity index (χ3v) is 5.13. The first-order chi connectivity index (χ1) is 10.8. The van der Waals surface area contributed by atoms with Crippen molar-refractivity contribution in [3.8, 4) is 5.69 Å². The molecule has 2 fully saturated rings. The molecule has 1 aromatic carbocycles. The highest BCUT2D eigenvalue weighted by Crippen LogP contribution is 2.49. The standard InChI is InChI=1S/C17H20N4O/c22-17(11-14-10-12-1-2-13(14)9-12)20-15-3-5-16(6-4-15)21-18-7-8-19-21/h3-8,12-14H,1-2,9-11H2,(H,20,22). The Morgan fingerprint density at radius 3 is 2.55 bits per heavy atom. The second kappa shape index (κ2) is 5.55. The van der Waals surface area contributed by atoms with E-state index in [0.29, 0.717) is 12.3 Å². The average Bonchev–Trinajstić information content (AvgIpc) is 3.25. The molecule has 114 valence electrons. The molecule has 1 amide bonds. The summed E-state index contributed by atoms with van der Waals surface area (Å²) in [6.45, 7) is 0. The zero-order chi connectivity index (χ0) is 14.9. The number of fused-ring (bicyclic) bond motifs is 2. The van der Waals surface area contributed by atoms with Crippen LogP contribution in [-0.2, 0) is 4.79 Å². The Bertz CT molecular complexity index is 650. The normalized spacial score (nSPS) is 26.3. The lowest BCUT2D eigenvalue weighted by Gasteiger charge is -2.20. The third kappa shape index (κ3) is 2.63. The molecule has 5 nitrogen and oxygen atoms in total. The van der Waals surface area contributed by atoms with Crippen molar-refractivity contribution in [3.05, 3.63) is 36.7 Å². The molecule has 1 N–H and O–H groups in total. The molecule has 2 aliphatic carbocycles. The van der Waals surface area contributed by atoms with Crippen molar-refractivity contribution in [2.45, 2.75) is 32.1 Å². The van der Waals surface area contributed by atoms with Crippen LogP contribution in [0.25, 0.3) is 5.69 Å². The summed E-state index contributed by atoms with van der Waals surface area (Å²) >= 11 is 0. The van der Waals surface area contributed by atoms with Crippen LogP contribution >= 0.6 is 0 Å². The molecule has 22 heavy (non-hydrogen) atoms.